The highest BCUT2D eigenvalue weighted by Crippen LogP contribution is 2.20. The number of fused-ring (bicyclic) bond motifs is 1. The number of carbonyl (C=O) groups excluding carboxylic acids is 1. The predicted octanol–water partition coefficient (Wildman–Crippen LogP) is 3.12. The molecule has 1 amide bonds. The van der Waals surface area contributed by atoms with E-state index in [1.54, 1.807) is 13.0 Å². The number of anilines is 1. The molecule has 4 nitrogen and oxygen atoms in total. The first-order chi connectivity index (χ1) is 8.10. The first-order valence-corrected chi connectivity index (χ1v) is 5.78. The van der Waals surface area contributed by atoms with E-state index >= 15 is 0 Å². The SMILES string of the molecule is CC[C@@H](C)C(=O)Nc1ccc2nc(C)oc2c1. The van der Waals surface area contributed by atoms with E-state index in [0.717, 1.165) is 17.6 Å². The number of aryl methyl sites for hydroxylation is 1. The maximum atomic E-state index is 11.7. The van der Waals surface area contributed by atoms with Crippen molar-refractivity contribution in [1.82, 2.24) is 4.98 Å². The fourth-order valence-electron chi connectivity index (χ4n) is 1.57. The smallest absolute Gasteiger partial charge is 0.227 e. The number of aromatic nitrogens is 1. The van der Waals surface area contributed by atoms with Gasteiger partial charge in [0.1, 0.15) is 5.52 Å². The Morgan fingerprint density at radius 2 is 2.29 bits per heavy atom. The van der Waals surface area contributed by atoms with Crippen LogP contribution in [0.15, 0.2) is 22.6 Å². The van der Waals surface area contributed by atoms with Crippen LogP contribution in [-0.4, -0.2) is 10.9 Å². The summed E-state index contributed by atoms with van der Waals surface area (Å²) in [5, 5.41) is 2.87. The molecule has 0 unspecified atom stereocenters. The molecular formula is C13H16N2O2. The molecule has 0 aliphatic carbocycles. The zero-order valence-corrected chi connectivity index (χ0v) is 10.3. The number of nitrogens with zero attached hydrogens (tertiary/aromatic N) is 1. The molecule has 1 N–H and O–H groups in total. The van der Waals surface area contributed by atoms with Gasteiger partial charge in [0.25, 0.3) is 0 Å². The van der Waals surface area contributed by atoms with Crippen molar-refractivity contribution in [2.45, 2.75) is 27.2 Å². The number of amides is 1. The third-order valence-electron chi connectivity index (χ3n) is 2.82. The van der Waals surface area contributed by atoms with Gasteiger partial charge in [-0.3, -0.25) is 4.79 Å². The van der Waals surface area contributed by atoms with E-state index in [-0.39, 0.29) is 11.8 Å². The number of rotatable bonds is 3. The van der Waals surface area contributed by atoms with Gasteiger partial charge in [0, 0.05) is 24.6 Å². The lowest BCUT2D eigenvalue weighted by molar-refractivity contribution is -0.119. The summed E-state index contributed by atoms with van der Waals surface area (Å²) in [5.41, 5.74) is 2.26. The first-order valence-electron chi connectivity index (χ1n) is 5.78. The normalized spacial score (nSPS) is 12.6. The molecule has 90 valence electrons. The molecule has 0 bridgehead atoms. The van der Waals surface area contributed by atoms with Gasteiger partial charge in [-0.15, -0.1) is 0 Å². The van der Waals surface area contributed by atoms with Crippen molar-refractivity contribution in [2.75, 3.05) is 5.32 Å². The Hall–Kier alpha value is -1.84. The maximum absolute atomic E-state index is 11.7. The third kappa shape index (κ3) is 2.46. The summed E-state index contributed by atoms with van der Waals surface area (Å²) in [6.45, 7) is 5.71. The molecule has 4 heteroatoms. The largest absolute Gasteiger partial charge is 0.441 e. The Labute approximate surface area is 100 Å². The number of hydrogen-bond acceptors (Lipinski definition) is 3. The lowest BCUT2D eigenvalue weighted by atomic mass is 10.1. The van der Waals surface area contributed by atoms with Crippen LogP contribution < -0.4 is 5.32 Å². The molecule has 0 aliphatic rings. The molecule has 17 heavy (non-hydrogen) atoms. The topological polar surface area (TPSA) is 55.1 Å². The fraction of sp³-hybridized carbons (Fsp3) is 0.385. The number of carbonyl (C=O) groups is 1. The van der Waals surface area contributed by atoms with Crippen LogP contribution in [0.25, 0.3) is 11.1 Å². The molecule has 2 aromatic rings. The van der Waals surface area contributed by atoms with Crippen molar-refractivity contribution in [1.29, 1.82) is 0 Å². The van der Waals surface area contributed by atoms with Gasteiger partial charge in [0.05, 0.1) is 0 Å². The summed E-state index contributed by atoms with van der Waals surface area (Å²) < 4.78 is 5.41. The van der Waals surface area contributed by atoms with Crippen molar-refractivity contribution in [3.05, 3.63) is 24.1 Å². The Bertz CT molecular complexity index is 545. The summed E-state index contributed by atoms with van der Waals surface area (Å²) in [5.74, 6) is 0.677. The average molecular weight is 232 g/mol. The van der Waals surface area contributed by atoms with Crippen molar-refractivity contribution in [3.8, 4) is 0 Å². The minimum absolute atomic E-state index is 0.0159. The second-order valence-electron chi connectivity index (χ2n) is 4.21. The van der Waals surface area contributed by atoms with Gasteiger partial charge in [-0.25, -0.2) is 4.98 Å². The zero-order valence-electron chi connectivity index (χ0n) is 10.3. The highest BCUT2D eigenvalue weighted by atomic mass is 16.3. The molecule has 0 saturated carbocycles. The van der Waals surface area contributed by atoms with E-state index in [2.05, 4.69) is 10.3 Å². The minimum atomic E-state index is 0.0159. The fourth-order valence-corrected chi connectivity index (χ4v) is 1.57. The molecule has 1 heterocycles. The Kier molecular flexibility index (Phi) is 3.13. The van der Waals surface area contributed by atoms with E-state index in [1.165, 1.54) is 0 Å². The third-order valence-corrected chi connectivity index (χ3v) is 2.82. The van der Waals surface area contributed by atoms with E-state index in [1.807, 2.05) is 26.0 Å². The highest BCUT2D eigenvalue weighted by molar-refractivity contribution is 5.94. The molecule has 2 rings (SSSR count). The van der Waals surface area contributed by atoms with Crippen LogP contribution in [0.4, 0.5) is 5.69 Å². The molecule has 0 spiro atoms. The summed E-state index contributed by atoms with van der Waals surface area (Å²) in [6.07, 6.45) is 0.829. The molecule has 0 aliphatic heterocycles. The van der Waals surface area contributed by atoms with Crippen LogP contribution in [-0.2, 0) is 4.79 Å². The Morgan fingerprint density at radius 1 is 1.53 bits per heavy atom. The predicted molar refractivity (Wildman–Crippen MR) is 66.8 cm³/mol. The van der Waals surface area contributed by atoms with Crippen LogP contribution in [0.3, 0.4) is 0 Å². The first kappa shape index (κ1) is 11.6. The molecular weight excluding hydrogens is 216 g/mol. The van der Waals surface area contributed by atoms with Gasteiger partial charge in [0.15, 0.2) is 11.5 Å². The van der Waals surface area contributed by atoms with E-state index in [0.29, 0.717) is 11.5 Å². The lowest BCUT2D eigenvalue weighted by Gasteiger charge is -2.09. The highest BCUT2D eigenvalue weighted by Gasteiger charge is 2.11. The van der Waals surface area contributed by atoms with Crippen molar-refractivity contribution >= 4 is 22.7 Å². The lowest BCUT2D eigenvalue weighted by Crippen LogP contribution is -2.19. The van der Waals surface area contributed by atoms with Crippen LogP contribution >= 0.6 is 0 Å². The van der Waals surface area contributed by atoms with Gasteiger partial charge >= 0.3 is 0 Å². The van der Waals surface area contributed by atoms with E-state index in [9.17, 15) is 4.79 Å². The molecule has 0 saturated heterocycles. The molecule has 1 aromatic carbocycles. The summed E-state index contributed by atoms with van der Waals surface area (Å²) in [7, 11) is 0. The van der Waals surface area contributed by atoms with Crippen molar-refractivity contribution in [2.24, 2.45) is 5.92 Å². The van der Waals surface area contributed by atoms with Gasteiger partial charge < -0.3 is 9.73 Å². The summed E-state index contributed by atoms with van der Waals surface area (Å²) >= 11 is 0. The Balaban J connectivity index is 2.22. The van der Waals surface area contributed by atoms with Gasteiger partial charge in [-0.05, 0) is 18.6 Å². The summed E-state index contributed by atoms with van der Waals surface area (Å²) in [4.78, 5) is 15.9. The second-order valence-corrected chi connectivity index (χ2v) is 4.21. The van der Waals surface area contributed by atoms with Crippen LogP contribution in [0.5, 0.6) is 0 Å². The monoisotopic (exact) mass is 232 g/mol. The Morgan fingerprint density at radius 3 is 3.00 bits per heavy atom. The van der Waals surface area contributed by atoms with Crippen LogP contribution in [0.1, 0.15) is 26.2 Å². The van der Waals surface area contributed by atoms with Crippen LogP contribution in [0.2, 0.25) is 0 Å². The quantitative estimate of drug-likeness (QED) is 0.884. The minimum Gasteiger partial charge on any atom is -0.441 e. The van der Waals surface area contributed by atoms with Gasteiger partial charge in [-0.2, -0.15) is 0 Å². The number of benzene rings is 1. The standard InChI is InChI=1S/C13H16N2O2/c1-4-8(2)13(16)15-10-5-6-11-12(7-10)17-9(3)14-11/h5-8H,4H2,1-3H3,(H,15,16)/t8-/m1/s1. The zero-order chi connectivity index (χ0) is 12.4. The number of hydrogen-bond donors (Lipinski definition) is 1. The van der Waals surface area contributed by atoms with Gasteiger partial charge in [-0.1, -0.05) is 13.8 Å². The second kappa shape index (κ2) is 4.57. The van der Waals surface area contributed by atoms with E-state index in [4.69, 9.17) is 4.42 Å². The molecule has 1 atom stereocenters. The average Bonchev–Trinajstić information content (AvgIpc) is 2.67. The number of oxazole rings is 1. The van der Waals surface area contributed by atoms with Crippen molar-refractivity contribution < 1.29 is 9.21 Å². The summed E-state index contributed by atoms with van der Waals surface area (Å²) in [6, 6.07) is 5.48. The van der Waals surface area contributed by atoms with Crippen LogP contribution in [0, 0.1) is 12.8 Å². The number of nitrogens with one attached hydrogen (secondary N) is 1. The molecule has 0 fully saturated rings. The van der Waals surface area contributed by atoms with Crippen molar-refractivity contribution in [3.63, 3.8) is 0 Å². The van der Waals surface area contributed by atoms with E-state index < -0.39 is 0 Å². The maximum Gasteiger partial charge on any atom is 0.227 e. The van der Waals surface area contributed by atoms with Gasteiger partial charge in [0.2, 0.25) is 5.91 Å². The molecule has 0 radical (unpaired) electrons. The molecule has 1 aromatic heterocycles.